The number of esters is 10. The van der Waals surface area contributed by atoms with E-state index in [9.17, 15) is 47.9 Å². The van der Waals surface area contributed by atoms with Gasteiger partial charge in [0.05, 0.1) is 90.6 Å². The predicted molar refractivity (Wildman–Crippen MR) is 395 cm³/mol. The van der Waals surface area contributed by atoms with E-state index in [1.54, 1.807) is 135 Å². The Balaban J connectivity index is 0.806. The Hall–Kier alpha value is -12.1. The number of fused-ring (bicyclic) bond motifs is 4. The average molecular weight is 1480 g/mol. The molecule has 108 heavy (non-hydrogen) atoms. The molecule has 24 heteroatoms. The number of ether oxygens (including phenoxy) is 14. The zero-order valence-electron chi connectivity index (χ0n) is 61.3. The van der Waals surface area contributed by atoms with E-state index < -0.39 is 173 Å². The lowest BCUT2D eigenvalue weighted by molar-refractivity contribution is -0.170. The highest BCUT2D eigenvalue weighted by Crippen LogP contribution is 2.32. The van der Waals surface area contributed by atoms with E-state index >= 15 is 0 Å². The first-order valence-electron chi connectivity index (χ1n) is 35.1. The number of carbonyl (C=O) groups excluding carboxylic acids is 10. The van der Waals surface area contributed by atoms with Gasteiger partial charge in [-0.2, -0.15) is 0 Å². The Bertz CT molecular complexity index is 4680. The second kappa shape index (κ2) is 39.3. The first kappa shape index (κ1) is 80.0. The first-order chi connectivity index (χ1) is 52.0. The molecule has 0 heterocycles. The van der Waals surface area contributed by atoms with Gasteiger partial charge in [-0.25, -0.2) is 0 Å². The summed E-state index contributed by atoms with van der Waals surface area (Å²) in [5, 5.41) is 6.86. The molecule has 0 aromatic heterocycles. The van der Waals surface area contributed by atoms with Crippen molar-refractivity contribution in [3.63, 3.8) is 0 Å². The fourth-order valence-corrected chi connectivity index (χ4v) is 11.3. The zero-order chi connectivity index (χ0) is 77.2. The third-order valence-electron chi connectivity index (χ3n) is 18.0. The molecule has 0 radical (unpaired) electrons. The van der Waals surface area contributed by atoms with Crippen LogP contribution in [0.2, 0.25) is 0 Å². The molecule has 0 amide bonds. The van der Waals surface area contributed by atoms with Crippen LogP contribution >= 0.6 is 0 Å². The molecule has 566 valence electrons. The van der Waals surface area contributed by atoms with Gasteiger partial charge in [0.15, 0.2) is 18.3 Å². The summed E-state index contributed by atoms with van der Waals surface area (Å²) in [6.45, 7) is 2.85. The quantitative estimate of drug-likeness (QED) is 0.0256. The van der Waals surface area contributed by atoms with Gasteiger partial charge in [-0.05, 0) is 147 Å². The molecule has 0 aliphatic carbocycles. The molecule has 0 N–H and O–H groups in total. The van der Waals surface area contributed by atoms with Crippen molar-refractivity contribution in [2.24, 2.45) is 0 Å². The Morgan fingerprint density at radius 2 is 0.509 bits per heavy atom. The summed E-state index contributed by atoms with van der Waals surface area (Å²) in [7, 11) is 6.24. The second-order valence-electron chi connectivity index (χ2n) is 25.6. The van der Waals surface area contributed by atoms with E-state index in [1.165, 1.54) is 0 Å². The molecule has 9 rings (SSSR count). The minimum Gasteiger partial charge on any atom is -0.497 e. The molecule has 7 atom stereocenters. The van der Waals surface area contributed by atoms with Crippen LogP contribution in [0, 0.1) is 0 Å². The van der Waals surface area contributed by atoms with Crippen molar-refractivity contribution >= 4 is 103 Å². The summed E-state index contributed by atoms with van der Waals surface area (Å²) >= 11 is 0. The van der Waals surface area contributed by atoms with Crippen LogP contribution in [0.4, 0.5) is 0 Å². The molecule has 0 aliphatic rings. The minimum atomic E-state index is -1.50. The van der Waals surface area contributed by atoms with E-state index in [4.69, 9.17) is 66.3 Å². The topological polar surface area (TPSA) is 300 Å². The van der Waals surface area contributed by atoms with Crippen molar-refractivity contribution in [1.82, 2.24) is 0 Å². The summed E-state index contributed by atoms with van der Waals surface area (Å²) in [5.74, 6) is -8.93. The molecule has 24 nitrogen and oxygen atoms in total. The maximum Gasteiger partial charge on any atom is 0.313 e. The highest BCUT2D eigenvalue weighted by Gasteiger charge is 2.30. The Morgan fingerprint density at radius 3 is 0.815 bits per heavy atom. The van der Waals surface area contributed by atoms with Gasteiger partial charge in [-0.3, -0.25) is 47.9 Å². The highest BCUT2D eigenvalue weighted by molar-refractivity contribution is 5.91. The number of hydrogen-bond acceptors (Lipinski definition) is 24. The van der Waals surface area contributed by atoms with Gasteiger partial charge in [0.2, 0.25) is 0 Å². The Kier molecular flexibility index (Phi) is 29.1. The molecule has 0 saturated heterocycles. The molecule has 3 unspecified atom stereocenters. The monoisotopic (exact) mass is 1480 g/mol. The van der Waals surface area contributed by atoms with Gasteiger partial charge in [0, 0.05) is 0 Å². The zero-order valence-corrected chi connectivity index (χ0v) is 61.3. The lowest BCUT2D eigenvalue weighted by atomic mass is 9.97. The fourth-order valence-electron chi connectivity index (χ4n) is 11.3. The largest absolute Gasteiger partial charge is 0.497 e. The smallest absolute Gasteiger partial charge is 0.313 e. The summed E-state index contributed by atoms with van der Waals surface area (Å²) in [4.78, 5) is 134. The predicted octanol–water partition coefficient (Wildman–Crippen LogP) is 12.9. The van der Waals surface area contributed by atoms with Crippen LogP contribution in [0.15, 0.2) is 176 Å². The van der Waals surface area contributed by atoms with E-state index in [1.807, 2.05) is 97.1 Å². The standard InChI is InChI=1S/C84H86O24/c1-51(56-14-18-64-40-68(95-5)26-22-60(64)36-56)81(91)104-49-73(107-83(93)53(3)58-16-20-66-42-70(97-7)28-24-62(66)38-58)47-102-78(88)33-32-77(87)101-46-72(45-100-76(86)31-30-75(85)99-44-55-12-10-9-11-13-55)106-80(90)35-34-79(89)103-48-74(108-84(94)54(4)59-17-21-67-43-71(98-8)29-25-63(67)39-59)50-105-82(92)52(2)57-15-19-65-41-69(96-6)27-23-61(65)37-57/h9-29,36-43,51-54,72-74H,30-35,44-50H2,1-8H3/t51-,52-,53-,54-,72?,73?,74?/m0/s1. The van der Waals surface area contributed by atoms with Crippen molar-refractivity contribution in [3.05, 3.63) is 204 Å². The summed E-state index contributed by atoms with van der Waals surface area (Å²) in [6.07, 6.45) is -7.37. The van der Waals surface area contributed by atoms with Gasteiger partial charge in [0.25, 0.3) is 0 Å². The highest BCUT2D eigenvalue weighted by atomic mass is 16.6. The third-order valence-corrected chi connectivity index (χ3v) is 18.0. The Labute approximate surface area is 623 Å². The van der Waals surface area contributed by atoms with Crippen LogP contribution in [-0.4, -0.2) is 146 Å². The summed E-state index contributed by atoms with van der Waals surface area (Å²) in [6, 6.07) is 52.7. The maximum atomic E-state index is 13.9. The lowest BCUT2D eigenvalue weighted by Gasteiger charge is -2.22. The molecular weight excluding hydrogens is 1390 g/mol. The van der Waals surface area contributed by atoms with E-state index in [0.717, 1.165) is 48.7 Å². The van der Waals surface area contributed by atoms with Crippen molar-refractivity contribution in [2.75, 3.05) is 68.1 Å². The number of rotatable bonds is 38. The minimum absolute atomic E-state index is 0.0401. The molecule has 0 aliphatic heterocycles. The van der Waals surface area contributed by atoms with E-state index in [0.29, 0.717) is 45.3 Å². The van der Waals surface area contributed by atoms with Crippen LogP contribution < -0.4 is 18.9 Å². The van der Waals surface area contributed by atoms with E-state index in [-0.39, 0.29) is 13.0 Å². The van der Waals surface area contributed by atoms with Gasteiger partial charge in [-0.15, -0.1) is 0 Å². The number of methoxy groups -OCH3 is 4. The van der Waals surface area contributed by atoms with Crippen molar-refractivity contribution < 1.29 is 114 Å². The van der Waals surface area contributed by atoms with E-state index in [2.05, 4.69) is 0 Å². The number of carbonyl (C=O) groups is 10. The summed E-state index contributed by atoms with van der Waals surface area (Å²) in [5.41, 5.74) is 3.22. The third kappa shape index (κ3) is 23.5. The molecule has 0 saturated carbocycles. The molecule has 0 spiro atoms. The molecular formula is C84H86O24. The van der Waals surface area contributed by atoms with Crippen molar-refractivity contribution in [2.45, 2.75) is 115 Å². The van der Waals surface area contributed by atoms with Crippen molar-refractivity contribution in [1.29, 1.82) is 0 Å². The van der Waals surface area contributed by atoms with Gasteiger partial charge < -0.3 is 66.3 Å². The summed E-state index contributed by atoms with van der Waals surface area (Å²) < 4.78 is 77.1. The SMILES string of the molecule is COc1ccc2cc([C@H](C)C(=O)OCC(COC(=O)CCC(=O)OCC(COC(=O)CCC(=O)OCc3ccccc3)OC(=O)CCC(=O)OCC(COC(=O)[C@@H](C)c3ccc4cc(OC)ccc4c3)OC(=O)[C@@H](C)c3ccc4cc(OC)ccc4c3)OC(=O)[C@@H](C)c3ccc4cc(OC)ccc4c3)ccc2c1. The van der Waals surface area contributed by atoms with Crippen LogP contribution in [0.1, 0.15) is 118 Å². The molecule has 9 aromatic carbocycles. The normalized spacial score (nSPS) is 13.0. The van der Waals surface area contributed by atoms with Crippen LogP contribution in [0.25, 0.3) is 43.1 Å². The van der Waals surface area contributed by atoms with Crippen LogP contribution in [0.5, 0.6) is 23.0 Å². The number of hydrogen-bond donors (Lipinski definition) is 0. The second-order valence-corrected chi connectivity index (χ2v) is 25.6. The molecule has 0 bridgehead atoms. The van der Waals surface area contributed by atoms with Gasteiger partial charge in [-0.1, -0.05) is 127 Å². The lowest BCUT2D eigenvalue weighted by Crippen LogP contribution is -2.33. The molecule has 9 aromatic rings. The average Bonchev–Trinajstić information content (AvgIpc) is 0.832. The Morgan fingerprint density at radius 1 is 0.259 bits per heavy atom. The van der Waals surface area contributed by atoms with Crippen LogP contribution in [-0.2, 0) is 102 Å². The van der Waals surface area contributed by atoms with Gasteiger partial charge >= 0.3 is 59.7 Å². The van der Waals surface area contributed by atoms with Crippen LogP contribution in [0.3, 0.4) is 0 Å². The number of benzene rings is 9. The van der Waals surface area contributed by atoms with Gasteiger partial charge in [0.1, 0.15) is 69.2 Å². The van der Waals surface area contributed by atoms with Crippen molar-refractivity contribution in [3.8, 4) is 23.0 Å². The maximum absolute atomic E-state index is 13.9. The fraction of sp³-hybridized carbons (Fsp3) is 0.333. The molecule has 0 fully saturated rings. The first-order valence-corrected chi connectivity index (χ1v) is 35.1.